The first kappa shape index (κ1) is 33.1. The van der Waals surface area contributed by atoms with Crippen LogP contribution in [0.5, 0.6) is 0 Å². The number of thioether (sulfide) groups is 1. The fraction of sp³-hybridized carbons (Fsp3) is 0.447. The van der Waals surface area contributed by atoms with Gasteiger partial charge >= 0.3 is 6.09 Å². The Morgan fingerprint density at radius 1 is 0.957 bits per heavy atom. The number of nitrogens with zero attached hydrogens (tertiary/aromatic N) is 3. The number of anilines is 2. The van der Waals surface area contributed by atoms with Crippen molar-refractivity contribution in [3.63, 3.8) is 0 Å². The smallest absolute Gasteiger partial charge is 0.410 e. The third kappa shape index (κ3) is 7.68. The molecule has 3 amide bonds. The van der Waals surface area contributed by atoms with Crippen LogP contribution in [-0.4, -0.2) is 73.6 Å². The summed E-state index contributed by atoms with van der Waals surface area (Å²) in [6.45, 7) is 7.51. The van der Waals surface area contributed by atoms with Gasteiger partial charge in [-0.25, -0.2) is 4.79 Å². The topological polar surface area (TPSA) is 79.4 Å². The average Bonchev–Trinajstić information content (AvgIpc) is 3.90. The highest BCUT2D eigenvalue weighted by atomic mass is 32.2. The van der Waals surface area contributed by atoms with E-state index in [4.69, 9.17) is 9.47 Å². The summed E-state index contributed by atoms with van der Waals surface area (Å²) in [7, 11) is 1.67. The summed E-state index contributed by atoms with van der Waals surface area (Å²) in [6, 6.07) is 24.9. The van der Waals surface area contributed by atoms with Crippen LogP contribution in [0, 0.1) is 5.92 Å². The van der Waals surface area contributed by atoms with Gasteiger partial charge in [-0.05, 0) is 87.3 Å². The molecule has 2 aliphatic heterocycles. The quantitative estimate of drug-likeness (QED) is 0.224. The van der Waals surface area contributed by atoms with Crippen molar-refractivity contribution < 1.29 is 23.9 Å². The molecule has 8 nitrogen and oxygen atoms in total. The number of rotatable bonds is 9. The highest BCUT2D eigenvalue weighted by Gasteiger charge is 2.44. The molecule has 1 aliphatic carbocycles. The lowest BCUT2D eigenvalue weighted by Gasteiger charge is -2.41. The number of benzene rings is 3. The van der Waals surface area contributed by atoms with Gasteiger partial charge in [0.2, 0.25) is 11.8 Å². The van der Waals surface area contributed by atoms with E-state index >= 15 is 0 Å². The Kier molecular flexibility index (Phi) is 9.94. The SMILES string of the molecule is COCCCN1C(=O)CSc2ccc(N(C(=O)C3CN(C(=O)OC(C)(C)C)CC[C@@H]3c3cccc(-c4ccccc4)c3)C3CC3)cc21. The number of likely N-dealkylation sites (tertiary alicyclic amines) is 1. The van der Waals surface area contributed by atoms with Crippen LogP contribution in [0.1, 0.15) is 57.9 Å². The molecule has 3 aromatic rings. The molecule has 0 N–H and O–H groups in total. The van der Waals surface area contributed by atoms with Crippen molar-refractivity contribution in [2.45, 2.75) is 68.9 Å². The molecule has 3 aromatic carbocycles. The van der Waals surface area contributed by atoms with E-state index in [1.807, 2.05) is 67.0 Å². The number of piperidine rings is 1. The maximum Gasteiger partial charge on any atom is 0.410 e. The molecule has 0 spiro atoms. The van der Waals surface area contributed by atoms with Crippen LogP contribution in [0.3, 0.4) is 0 Å². The summed E-state index contributed by atoms with van der Waals surface area (Å²) in [6.07, 6.45) is 2.83. The minimum Gasteiger partial charge on any atom is -0.444 e. The second kappa shape index (κ2) is 14.1. The molecule has 1 unspecified atom stereocenters. The van der Waals surface area contributed by atoms with Crippen LogP contribution in [0.25, 0.3) is 11.1 Å². The van der Waals surface area contributed by atoms with Gasteiger partial charge in [0.15, 0.2) is 0 Å². The molecule has 0 radical (unpaired) electrons. The van der Waals surface area contributed by atoms with Crippen molar-refractivity contribution in [3.8, 4) is 11.1 Å². The van der Waals surface area contributed by atoms with Crippen LogP contribution in [0.4, 0.5) is 16.2 Å². The normalized spacial score (nSPS) is 19.7. The molecule has 9 heteroatoms. The molecule has 248 valence electrons. The highest BCUT2D eigenvalue weighted by Crippen LogP contribution is 2.43. The molecule has 2 heterocycles. The Hall–Kier alpha value is -3.82. The maximum absolute atomic E-state index is 14.9. The molecular weight excluding hydrogens is 611 g/mol. The molecule has 47 heavy (non-hydrogen) atoms. The number of methoxy groups -OCH3 is 1. The lowest BCUT2D eigenvalue weighted by Crippen LogP contribution is -2.51. The lowest BCUT2D eigenvalue weighted by molar-refractivity contribution is -0.124. The Balaban J connectivity index is 1.35. The Labute approximate surface area is 282 Å². The Morgan fingerprint density at radius 3 is 2.45 bits per heavy atom. The van der Waals surface area contributed by atoms with Crippen molar-refractivity contribution in [2.24, 2.45) is 5.92 Å². The summed E-state index contributed by atoms with van der Waals surface area (Å²) in [5, 5.41) is 0. The Bertz CT molecular complexity index is 1600. The first-order valence-electron chi connectivity index (χ1n) is 16.7. The van der Waals surface area contributed by atoms with Crippen molar-refractivity contribution in [3.05, 3.63) is 78.4 Å². The van der Waals surface area contributed by atoms with Crippen molar-refractivity contribution in [1.29, 1.82) is 0 Å². The molecular formula is C38H45N3O5S. The summed E-state index contributed by atoms with van der Waals surface area (Å²) < 4.78 is 11.0. The van der Waals surface area contributed by atoms with Gasteiger partial charge < -0.3 is 24.2 Å². The molecule has 0 bridgehead atoms. The Morgan fingerprint density at radius 2 is 1.72 bits per heavy atom. The zero-order chi connectivity index (χ0) is 33.1. The van der Waals surface area contributed by atoms with Crippen molar-refractivity contribution in [1.82, 2.24) is 4.90 Å². The largest absolute Gasteiger partial charge is 0.444 e. The van der Waals surface area contributed by atoms with E-state index in [1.165, 1.54) is 0 Å². The number of hydrogen-bond donors (Lipinski definition) is 0. The van der Waals surface area contributed by atoms with Gasteiger partial charge in [-0.3, -0.25) is 9.59 Å². The molecule has 0 aromatic heterocycles. The first-order chi connectivity index (χ1) is 22.6. The lowest BCUT2D eigenvalue weighted by atomic mass is 9.79. The summed E-state index contributed by atoms with van der Waals surface area (Å²) in [5.74, 6) is -0.0638. The number of carbonyl (C=O) groups is 3. The molecule has 2 atom stereocenters. The number of carbonyl (C=O) groups excluding carboxylic acids is 3. The van der Waals surface area contributed by atoms with Gasteiger partial charge in [-0.2, -0.15) is 0 Å². The van der Waals surface area contributed by atoms with Gasteiger partial charge in [0.05, 0.1) is 17.4 Å². The number of hydrogen-bond acceptors (Lipinski definition) is 6. The average molecular weight is 656 g/mol. The predicted molar refractivity (Wildman–Crippen MR) is 187 cm³/mol. The van der Waals surface area contributed by atoms with Gasteiger partial charge in [0.25, 0.3) is 0 Å². The zero-order valence-electron chi connectivity index (χ0n) is 27.8. The van der Waals surface area contributed by atoms with E-state index in [9.17, 15) is 14.4 Å². The van der Waals surface area contributed by atoms with E-state index in [-0.39, 0.29) is 36.4 Å². The van der Waals surface area contributed by atoms with Crippen LogP contribution in [0.15, 0.2) is 77.7 Å². The van der Waals surface area contributed by atoms with E-state index in [0.717, 1.165) is 52.2 Å². The maximum atomic E-state index is 14.9. The van der Waals surface area contributed by atoms with Gasteiger partial charge in [-0.15, -0.1) is 11.8 Å². The number of amides is 3. The van der Waals surface area contributed by atoms with E-state index in [1.54, 1.807) is 23.8 Å². The number of fused-ring (bicyclic) bond motifs is 1. The standard InChI is InChI=1S/C38H45N3O5S/c1-38(2,3)46-37(44)39-20-18-31(28-13-8-12-27(22-28)26-10-6-5-7-11-26)32(24-39)36(43)41(29-14-15-29)30-16-17-34-33(23-30)40(19-9-21-45-4)35(42)25-47-34/h5-8,10-13,16-17,22-23,29,31-32H,9,14-15,18-21,24-25H2,1-4H3/t31-,32?/m1/s1. The second-order valence-electron chi connectivity index (χ2n) is 13.7. The van der Waals surface area contributed by atoms with Crippen LogP contribution in [0.2, 0.25) is 0 Å². The minimum atomic E-state index is -0.634. The fourth-order valence-corrected chi connectivity index (χ4v) is 7.57. The fourth-order valence-electron chi connectivity index (χ4n) is 6.65. The van der Waals surface area contributed by atoms with Crippen molar-refractivity contribution in [2.75, 3.05) is 48.9 Å². The van der Waals surface area contributed by atoms with Crippen molar-refractivity contribution >= 4 is 41.0 Å². The second-order valence-corrected chi connectivity index (χ2v) is 14.7. The van der Waals surface area contributed by atoms with E-state index in [2.05, 4.69) is 36.4 Å². The van der Waals surface area contributed by atoms with Crippen LogP contribution < -0.4 is 9.80 Å². The minimum absolute atomic E-state index is 0.0107. The summed E-state index contributed by atoms with van der Waals surface area (Å²) >= 11 is 1.54. The third-order valence-corrected chi connectivity index (χ3v) is 10.1. The van der Waals surface area contributed by atoms with E-state index in [0.29, 0.717) is 31.9 Å². The summed E-state index contributed by atoms with van der Waals surface area (Å²) in [4.78, 5) is 47.8. The van der Waals surface area contributed by atoms with Gasteiger partial charge in [-0.1, -0.05) is 54.6 Å². The van der Waals surface area contributed by atoms with Crippen LogP contribution in [-0.2, 0) is 19.1 Å². The molecule has 6 rings (SSSR count). The molecule has 3 aliphatic rings. The third-order valence-electron chi connectivity index (χ3n) is 9.05. The summed E-state index contributed by atoms with van der Waals surface area (Å²) in [5.41, 5.74) is 4.35. The van der Waals surface area contributed by atoms with E-state index < -0.39 is 11.5 Å². The predicted octanol–water partition coefficient (Wildman–Crippen LogP) is 7.37. The molecule has 2 fully saturated rings. The zero-order valence-corrected chi connectivity index (χ0v) is 28.6. The molecule has 1 saturated carbocycles. The first-order valence-corrected chi connectivity index (χ1v) is 17.6. The molecule has 1 saturated heterocycles. The van der Waals surface area contributed by atoms with Crippen LogP contribution >= 0.6 is 11.8 Å². The van der Waals surface area contributed by atoms with Gasteiger partial charge in [0, 0.05) is 50.0 Å². The monoisotopic (exact) mass is 655 g/mol. The highest BCUT2D eigenvalue weighted by molar-refractivity contribution is 8.00. The van der Waals surface area contributed by atoms with Gasteiger partial charge in [0.1, 0.15) is 5.60 Å². The number of ether oxygens (including phenoxy) is 2.